The van der Waals surface area contributed by atoms with Gasteiger partial charge in [0.15, 0.2) is 0 Å². The third-order valence-electron chi connectivity index (χ3n) is 3.56. The highest BCUT2D eigenvalue weighted by molar-refractivity contribution is 5.95. The van der Waals surface area contributed by atoms with Gasteiger partial charge in [-0.3, -0.25) is 4.79 Å². The van der Waals surface area contributed by atoms with Gasteiger partial charge in [0.25, 0.3) is 5.91 Å². The lowest BCUT2D eigenvalue weighted by Gasteiger charge is -2.07. The molecule has 0 atom stereocenters. The first-order valence-corrected chi connectivity index (χ1v) is 7.37. The third-order valence-corrected chi connectivity index (χ3v) is 3.56. The van der Waals surface area contributed by atoms with E-state index in [1.54, 1.807) is 30.7 Å². The Morgan fingerprint density at radius 3 is 2.70 bits per heavy atom. The number of aromatic nitrogens is 2. The van der Waals surface area contributed by atoms with E-state index in [2.05, 4.69) is 15.3 Å². The Labute approximate surface area is 134 Å². The van der Waals surface area contributed by atoms with Crippen molar-refractivity contribution >= 4 is 5.91 Å². The van der Waals surface area contributed by atoms with E-state index in [-0.39, 0.29) is 11.7 Å². The SMILES string of the molecule is O=C(NCCc1cnc[nH]1)c1cccc(-c2ccc(O)cc2)c1. The smallest absolute Gasteiger partial charge is 0.251 e. The Kier molecular flexibility index (Phi) is 4.38. The minimum absolute atomic E-state index is 0.106. The van der Waals surface area contributed by atoms with Crippen LogP contribution in [0.15, 0.2) is 61.1 Å². The number of nitrogens with zero attached hydrogens (tertiary/aromatic N) is 1. The van der Waals surface area contributed by atoms with Gasteiger partial charge in [0.05, 0.1) is 6.33 Å². The van der Waals surface area contributed by atoms with Crippen molar-refractivity contribution in [1.82, 2.24) is 15.3 Å². The molecule has 116 valence electrons. The van der Waals surface area contributed by atoms with Crippen molar-refractivity contribution in [3.05, 3.63) is 72.3 Å². The number of imidazole rings is 1. The molecule has 0 fully saturated rings. The molecule has 0 unspecified atom stereocenters. The fourth-order valence-electron chi connectivity index (χ4n) is 2.33. The maximum absolute atomic E-state index is 12.2. The van der Waals surface area contributed by atoms with E-state index in [9.17, 15) is 9.90 Å². The molecule has 5 nitrogen and oxygen atoms in total. The second-order valence-corrected chi connectivity index (χ2v) is 5.21. The lowest BCUT2D eigenvalue weighted by atomic mass is 10.0. The Balaban J connectivity index is 1.66. The number of benzene rings is 2. The monoisotopic (exact) mass is 307 g/mol. The van der Waals surface area contributed by atoms with E-state index in [1.807, 2.05) is 30.3 Å². The van der Waals surface area contributed by atoms with Crippen molar-refractivity contribution < 1.29 is 9.90 Å². The number of phenolic OH excluding ortho intramolecular Hbond substituents is 1. The van der Waals surface area contributed by atoms with E-state index in [4.69, 9.17) is 0 Å². The molecule has 0 bridgehead atoms. The molecule has 0 radical (unpaired) electrons. The largest absolute Gasteiger partial charge is 0.508 e. The van der Waals surface area contributed by atoms with Crippen molar-refractivity contribution in [3.8, 4) is 16.9 Å². The zero-order valence-electron chi connectivity index (χ0n) is 12.5. The van der Waals surface area contributed by atoms with Gasteiger partial charge < -0.3 is 15.4 Å². The van der Waals surface area contributed by atoms with Crippen LogP contribution in [0.3, 0.4) is 0 Å². The summed E-state index contributed by atoms with van der Waals surface area (Å²) in [6.07, 6.45) is 4.08. The molecule has 1 amide bonds. The predicted octanol–water partition coefficient (Wildman–Crippen LogP) is 2.75. The number of carbonyl (C=O) groups excluding carboxylic acids is 1. The van der Waals surface area contributed by atoms with Crippen molar-refractivity contribution in [2.75, 3.05) is 6.54 Å². The van der Waals surface area contributed by atoms with Crippen molar-refractivity contribution in [2.45, 2.75) is 6.42 Å². The Morgan fingerprint density at radius 2 is 1.96 bits per heavy atom. The summed E-state index contributed by atoms with van der Waals surface area (Å²) in [7, 11) is 0. The summed E-state index contributed by atoms with van der Waals surface area (Å²) >= 11 is 0. The molecule has 23 heavy (non-hydrogen) atoms. The number of nitrogens with one attached hydrogen (secondary N) is 2. The maximum atomic E-state index is 12.2. The second-order valence-electron chi connectivity index (χ2n) is 5.21. The summed E-state index contributed by atoms with van der Waals surface area (Å²) in [5.41, 5.74) is 3.49. The number of hydrogen-bond donors (Lipinski definition) is 3. The molecule has 3 rings (SSSR count). The lowest BCUT2D eigenvalue weighted by Crippen LogP contribution is -2.25. The summed E-state index contributed by atoms with van der Waals surface area (Å²) < 4.78 is 0. The van der Waals surface area contributed by atoms with Crippen LogP contribution in [-0.2, 0) is 6.42 Å². The van der Waals surface area contributed by atoms with Crippen LogP contribution in [0, 0.1) is 0 Å². The van der Waals surface area contributed by atoms with Gasteiger partial charge in [-0.15, -0.1) is 0 Å². The summed E-state index contributed by atoms with van der Waals surface area (Å²) in [5.74, 6) is 0.117. The highest BCUT2D eigenvalue weighted by Gasteiger charge is 2.07. The van der Waals surface area contributed by atoms with Gasteiger partial charge >= 0.3 is 0 Å². The molecule has 0 saturated heterocycles. The average molecular weight is 307 g/mol. The summed E-state index contributed by atoms with van der Waals surface area (Å²) in [6, 6.07) is 14.3. The molecule has 3 N–H and O–H groups in total. The Hall–Kier alpha value is -3.08. The predicted molar refractivity (Wildman–Crippen MR) is 88.2 cm³/mol. The molecule has 3 aromatic rings. The number of aromatic hydroxyl groups is 1. The summed E-state index contributed by atoms with van der Waals surface area (Å²) in [6.45, 7) is 0.546. The highest BCUT2D eigenvalue weighted by atomic mass is 16.3. The van der Waals surface area contributed by atoms with Gasteiger partial charge in [-0.25, -0.2) is 4.98 Å². The van der Waals surface area contributed by atoms with Gasteiger partial charge in [0.2, 0.25) is 0 Å². The number of carbonyl (C=O) groups is 1. The molecular weight excluding hydrogens is 290 g/mol. The first-order valence-electron chi connectivity index (χ1n) is 7.37. The lowest BCUT2D eigenvalue weighted by molar-refractivity contribution is 0.0954. The molecule has 0 saturated carbocycles. The molecule has 0 spiro atoms. The van der Waals surface area contributed by atoms with Gasteiger partial charge in [0, 0.05) is 30.4 Å². The molecule has 0 aliphatic carbocycles. The third kappa shape index (κ3) is 3.77. The second kappa shape index (κ2) is 6.79. The Morgan fingerprint density at radius 1 is 1.13 bits per heavy atom. The van der Waals surface area contributed by atoms with Gasteiger partial charge in [0.1, 0.15) is 5.75 Å². The van der Waals surface area contributed by atoms with Crippen molar-refractivity contribution in [1.29, 1.82) is 0 Å². The Bertz CT molecular complexity index is 780. The van der Waals surface area contributed by atoms with Crippen LogP contribution in [0.1, 0.15) is 16.1 Å². The van der Waals surface area contributed by atoms with Crippen LogP contribution >= 0.6 is 0 Å². The molecule has 1 aromatic heterocycles. The van der Waals surface area contributed by atoms with Gasteiger partial charge in [-0.1, -0.05) is 24.3 Å². The summed E-state index contributed by atoms with van der Waals surface area (Å²) in [4.78, 5) is 19.2. The maximum Gasteiger partial charge on any atom is 0.251 e. The van der Waals surface area contributed by atoms with E-state index in [0.29, 0.717) is 18.5 Å². The number of phenols is 1. The minimum Gasteiger partial charge on any atom is -0.508 e. The fraction of sp³-hybridized carbons (Fsp3) is 0.111. The highest BCUT2D eigenvalue weighted by Crippen LogP contribution is 2.22. The number of H-pyrrole nitrogens is 1. The molecule has 1 heterocycles. The van der Waals surface area contributed by atoms with Gasteiger partial charge in [-0.2, -0.15) is 0 Å². The van der Waals surface area contributed by atoms with Crippen LogP contribution < -0.4 is 5.32 Å². The molecule has 0 aliphatic rings. The zero-order chi connectivity index (χ0) is 16.1. The van der Waals surface area contributed by atoms with Crippen LogP contribution in [0.4, 0.5) is 0 Å². The topological polar surface area (TPSA) is 78.0 Å². The van der Waals surface area contributed by atoms with E-state index in [0.717, 1.165) is 16.8 Å². The molecule has 2 aromatic carbocycles. The number of aromatic amines is 1. The van der Waals surface area contributed by atoms with Gasteiger partial charge in [-0.05, 0) is 35.4 Å². The van der Waals surface area contributed by atoms with Crippen LogP contribution in [0.5, 0.6) is 5.75 Å². The number of rotatable bonds is 5. The fourth-order valence-corrected chi connectivity index (χ4v) is 2.33. The summed E-state index contributed by atoms with van der Waals surface area (Å²) in [5, 5.41) is 12.2. The van der Waals surface area contributed by atoms with Crippen LogP contribution in [-0.4, -0.2) is 27.5 Å². The first kappa shape index (κ1) is 14.8. The van der Waals surface area contributed by atoms with Crippen LogP contribution in [0.25, 0.3) is 11.1 Å². The number of amides is 1. The minimum atomic E-state index is -0.106. The quantitative estimate of drug-likeness (QED) is 0.678. The van der Waals surface area contributed by atoms with Crippen molar-refractivity contribution in [3.63, 3.8) is 0 Å². The molecule has 0 aliphatic heterocycles. The normalized spacial score (nSPS) is 10.4. The average Bonchev–Trinajstić information content (AvgIpc) is 3.09. The zero-order valence-corrected chi connectivity index (χ0v) is 12.5. The standard InChI is InChI=1S/C18H17N3O2/c22-17-6-4-13(5-7-17)14-2-1-3-15(10-14)18(23)20-9-8-16-11-19-12-21-16/h1-7,10-12,22H,8-9H2,(H,19,21)(H,20,23). The first-order chi connectivity index (χ1) is 11.2. The van der Waals surface area contributed by atoms with Crippen LogP contribution in [0.2, 0.25) is 0 Å². The van der Waals surface area contributed by atoms with E-state index in [1.165, 1.54) is 0 Å². The molecular formula is C18H17N3O2. The van der Waals surface area contributed by atoms with Crippen molar-refractivity contribution in [2.24, 2.45) is 0 Å². The van der Waals surface area contributed by atoms with E-state index >= 15 is 0 Å². The molecule has 5 heteroatoms. The van der Waals surface area contributed by atoms with E-state index < -0.39 is 0 Å². The number of hydrogen-bond acceptors (Lipinski definition) is 3.